The Morgan fingerprint density at radius 1 is 1.40 bits per heavy atom. The molecule has 0 saturated carbocycles. The van der Waals surface area contributed by atoms with Crippen molar-refractivity contribution in [2.75, 3.05) is 11.4 Å². The third-order valence-corrected chi connectivity index (χ3v) is 2.51. The number of nitrogens with zero attached hydrogens (tertiary/aromatic N) is 2. The highest BCUT2D eigenvalue weighted by atomic mass is 35.5. The maximum atomic E-state index is 11.5. The van der Waals surface area contributed by atoms with Gasteiger partial charge in [-0.05, 0) is 19.1 Å². The predicted octanol–water partition coefficient (Wildman–Crippen LogP) is 1.35. The molecule has 0 N–H and O–H groups in total. The van der Waals surface area contributed by atoms with E-state index in [1.54, 1.807) is 19.1 Å². The van der Waals surface area contributed by atoms with Crippen LogP contribution in [0.1, 0.15) is 12.1 Å². The molecule has 0 spiro atoms. The molecule has 1 saturated heterocycles. The average Bonchev–Trinajstić information content (AvgIpc) is 2.45. The molecule has 1 aliphatic rings. The van der Waals surface area contributed by atoms with Crippen molar-refractivity contribution in [3.05, 3.63) is 23.0 Å². The smallest absolute Gasteiger partial charge is 0.234 e. The number of halogens is 1. The van der Waals surface area contributed by atoms with Gasteiger partial charge in [-0.2, -0.15) is 0 Å². The molecule has 5 heteroatoms. The number of anilines is 1. The van der Waals surface area contributed by atoms with Crippen LogP contribution in [-0.4, -0.2) is 23.2 Å². The number of carbonyl (C=O) groups is 2. The maximum Gasteiger partial charge on any atom is 0.234 e. The Morgan fingerprint density at radius 3 is 2.67 bits per heavy atom. The van der Waals surface area contributed by atoms with E-state index in [0.29, 0.717) is 16.5 Å². The predicted molar refractivity (Wildman–Crippen MR) is 56.0 cm³/mol. The molecule has 1 aromatic rings. The van der Waals surface area contributed by atoms with Gasteiger partial charge in [0.25, 0.3) is 0 Å². The quantitative estimate of drug-likeness (QED) is 0.535. The van der Waals surface area contributed by atoms with Crippen molar-refractivity contribution in [1.82, 2.24) is 4.98 Å². The van der Waals surface area contributed by atoms with Gasteiger partial charge in [0.15, 0.2) is 5.78 Å². The molecule has 0 aliphatic carbocycles. The number of hydrogen-bond acceptors (Lipinski definition) is 3. The fraction of sp³-hybridized carbons (Fsp3) is 0.300. The van der Waals surface area contributed by atoms with Crippen LogP contribution in [0.5, 0.6) is 0 Å². The van der Waals surface area contributed by atoms with E-state index in [2.05, 4.69) is 4.98 Å². The summed E-state index contributed by atoms with van der Waals surface area (Å²) in [6, 6.07) is 3.32. The zero-order valence-corrected chi connectivity index (χ0v) is 8.91. The van der Waals surface area contributed by atoms with E-state index in [4.69, 9.17) is 11.6 Å². The van der Waals surface area contributed by atoms with Gasteiger partial charge < -0.3 is 4.90 Å². The Labute approximate surface area is 91.9 Å². The van der Waals surface area contributed by atoms with Gasteiger partial charge in [0, 0.05) is 0 Å². The number of rotatable bonds is 1. The molecular weight excluding hydrogens is 216 g/mol. The number of ketones is 1. The fourth-order valence-corrected chi connectivity index (χ4v) is 1.80. The average molecular weight is 225 g/mol. The summed E-state index contributed by atoms with van der Waals surface area (Å²) < 4.78 is 0. The maximum absolute atomic E-state index is 11.5. The van der Waals surface area contributed by atoms with Gasteiger partial charge >= 0.3 is 0 Å². The Morgan fingerprint density at radius 2 is 2.13 bits per heavy atom. The monoisotopic (exact) mass is 224 g/mol. The van der Waals surface area contributed by atoms with E-state index in [0.717, 1.165) is 0 Å². The summed E-state index contributed by atoms with van der Waals surface area (Å²) in [6.07, 6.45) is -0.0118. The number of aromatic nitrogens is 1. The number of pyridine rings is 1. The highest BCUT2D eigenvalue weighted by Crippen LogP contribution is 2.23. The zero-order chi connectivity index (χ0) is 11.0. The van der Waals surface area contributed by atoms with E-state index >= 15 is 0 Å². The largest absolute Gasteiger partial charge is 0.303 e. The van der Waals surface area contributed by atoms with Crippen molar-refractivity contribution < 1.29 is 9.59 Å². The summed E-state index contributed by atoms with van der Waals surface area (Å²) in [7, 11) is 0. The van der Waals surface area contributed by atoms with Crippen molar-refractivity contribution in [3.63, 3.8) is 0 Å². The molecular formula is C10H9ClN2O2. The molecule has 1 amide bonds. The van der Waals surface area contributed by atoms with Gasteiger partial charge in [-0.3, -0.25) is 9.59 Å². The molecule has 0 bridgehead atoms. The molecule has 1 fully saturated rings. The van der Waals surface area contributed by atoms with E-state index in [1.165, 1.54) is 4.90 Å². The third kappa shape index (κ3) is 1.85. The second-order valence-electron chi connectivity index (χ2n) is 3.43. The molecule has 0 atom stereocenters. The van der Waals surface area contributed by atoms with Crippen LogP contribution in [0.2, 0.25) is 5.15 Å². The number of hydrogen-bond donors (Lipinski definition) is 0. The normalized spacial score (nSPS) is 16.3. The van der Waals surface area contributed by atoms with Crippen LogP contribution in [0.15, 0.2) is 12.1 Å². The van der Waals surface area contributed by atoms with Crippen molar-refractivity contribution in [2.24, 2.45) is 0 Å². The van der Waals surface area contributed by atoms with Crippen LogP contribution in [0.25, 0.3) is 0 Å². The van der Waals surface area contributed by atoms with E-state index < -0.39 is 0 Å². The Balaban J connectivity index is 2.38. The summed E-state index contributed by atoms with van der Waals surface area (Å²) >= 11 is 5.71. The fourth-order valence-electron chi connectivity index (χ4n) is 1.61. The summed E-state index contributed by atoms with van der Waals surface area (Å²) in [5, 5.41) is 0.384. The van der Waals surface area contributed by atoms with Crippen molar-refractivity contribution in [3.8, 4) is 0 Å². The first-order valence-electron chi connectivity index (χ1n) is 4.53. The number of carbonyl (C=O) groups excluding carboxylic acids is 2. The molecule has 2 rings (SSSR count). The van der Waals surface area contributed by atoms with Gasteiger partial charge in [-0.1, -0.05) is 11.6 Å². The van der Waals surface area contributed by atoms with Crippen LogP contribution >= 0.6 is 11.6 Å². The molecule has 1 aliphatic heterocycles. The second kappa shape index (κ2) is 3.62. The summed E-state index contributed by atoms with van der Waals surface area (Å²) in [6.45, 7) is 1.90. The van der Waals surface area contributed by atoms with Gasteiger partial charge in [-0.25, -0.2) is 4.98 Å². The summed E-state index contributed by atoms with van der Waals surface area (Å²) in [4.78, 5) is 28.1. The minimum Gasteiger partial charge on any atom is -0.303 e. The molecule has 0 unspecified atom stereocenters. The van der Waals surface area contributed by atoms with Gasteiger partial charge in [0.1, 0.15) is 5.15 Å². The lowest BCUT2D eigenvalue weighted by molar-refractivity contribution is -0.121. The van der Waals surface area contributed by atoms with Crippen molar-refractivity contribution in [1.29, 1.82) is 0 Å². The Kier molecular flexibility index (Phi) is 2.44. The molecule has 1 aromatic heterocycles. The van der Waals surface area contributed by atoms with Crippen LogP contribution in [-0.2, 0) is 9.59 Å². The van der Waals surface area contributed by atoms with Crippen LogP contribution in [0, 0.1) is 6.92 Å². The molecule has 4 nitrogen and oxygen atoms in total. The second-order valence-corrected chi connectivity index (χ2v) is 3.82. The summed E-state index contributed by atoms with van der Waals surface area (Å²) in [5.74, 6) is -0.235. The first-order chi connectivity index (χ1) is 7.08. The highest BCUT2D eigenvalue weighted by Gasteiger charge is 2.29. The molecule has 0 aromatic carbocycles. The zero-order valence-electron chi connectivity index (χ0n) is 8.16. The third-order valence-electron chi connectivity index (χ3n) is 2.30. The molecule has 0 radical (unpaired) electrons. The molecule has 2 heterocycles. The van der Waals surface area contributed by atoms with Crippen LogP contribution in [0.3, 0.4) is 0 Å². The summed E-state index contributed by atoms with van der Waals surface area (Å²) in [5.41, 5.74) is 1.32. The first kappa shape index (κ1) is 10.1. The van der Waals surface area contributed by atoms with E-state index in [-0.39, 0.29) is 24.7 Å². The van der Waals surface area contributed by atoms with Crippen LogP contribution < -0.4 is 4.90 Å². The Bertz CT molecular complexity index is 445. The minimum absolute atomic E-state index is 0.0118. The standard InChI is InChI=1S/C10H9ClN2O2/c1-6-8(2-3-9(11)12-6)13-5-7(14)4-10(13)15/h2-3H,4-5H2,1H3. The lowest BCUT2D eigenvalue weighted by Gasteiger charge is -2.16. The lowest BCUT2D eigenvalue weighted by atomic mass is 10.3. The number of aryl methyl sites for hydroxylation is 1. The topological polar surface area (TPSA) is 50.3 Å². The first-order valence-corrected chi connectivity index (χ1v) is 4.91. The van der Waals surface area contributed by atoms with E-state index in [1.807, 2.05) is 0 Å². The minimum atomic E-state index is -0.174. The van der Waals surface area contributed by atoms with E-state index in [9.17, 15) is 9.59 Å². The molecule has 15 heavy (non-hydrogen) atoms. The van der Waals surface area contributed by atoms with Crippen LogP contribution in [0.4, 0.5) is 5.69 Å². The number of Topliss-reactive ketones (excluding diaryl/α,β-unsaturated/α-hetero) is 1. The SMILES string of the molecule is Cc1nc(Cl)ccc1N1CC(=O)CC1=O. The highest BCUT2D eigenvalue weighted by molar-refractivity contribution is 6.29. The van der Waals surface area contributed by atoms with Crippen molar-refractivity contribution >= 4 is 29.0 Å². The van der Waals surface area contributed by atoms with Gasteiger partial charge in [0.05, 0.1) is 24.3 Å². The van der Waals surface area contributed by atoms with Gasteiger partial charge in [0.2, 0.25) is 5.91 Å². The van der Waals surface area contributed by atoms with Gasteiger partial charge in [-0.15, -0.1) is 0 Å². The van der Waals surface area contributed by atoms with Crippen molar-refractivity contribution in [2.45, 2.75) is 13.3 Å². The Hall–Kier alpha value is -1.42. The lowest BCUT2D eigenvalue weighted by Crippen LogP contribution is -2.25. The number of amides is 1. The molecule has 78 valence electrons.